The van der Waals surface area contributed by atoms with Crippen molar-refractivity contribution in [3.63, 3.8) is 0 Å². The van der Waals surface area contributed by atoms with E-state index in [0.29, 0.717) is 18.5 Å². The molecule has 0 aliphatic heterocycles. The van der Waals surface area contributed by atoms with Gasteiger partial charge in [-0.1, -0.05) is 13.8 Å². The van der Waals surface area contributed by atoms with Crippen LogP contribution in [0.25, 0.3) is 0 Å². The number of carbonyl (C=O) groups is 1. The van der Waals surface area contributed by atoms with Crippen LogP contribution in [0.2, 0.25) is 0 Å². The van der Waals surface area contributed by atoms with Crippen LogP contribution in [0.15, 0.2) is 15.9 Å². The van der Waals surface area contributed by atoms with Crippen molar-refractivity contribution in [2.75, 3.05) is 6.54 Å². The molecule has 0 fully saturated rings. The van der Waals surface area contributed by atoms with Gasteiger partial charge in [-0.25, -0.2) is 0 Å². The Kier molecular flexibility index (Phi) is 7.26. The lowest BCUT2D eigenvalue weighted by molar-refractivity contribution is 0.0924. The van der Waals surface area contributed by atoms with Crippen molar-refractivity contribution in [1.82, 2.24) is 4.90 Å². The van der Waals surface area contributed by atoms with Crippen molar-refractivity contribution < 1.29 is 4.79 Å². The molecule has 19 heavy (non-hydrogen) atoms. The van der Waals surface area contributed by atoms with E-state index < -0.39 is 0 Å². The van der Waals surface area contributed by atoms with Gasteiger partial charge in [-0.2, -0.15) is 0 Å². The van der Waals surface area contributed by atoms with E-state index in [1.165, 1.54) is 11.3 Å². The first-order valence-electron chi connectivity index (χ1n) is 7.03. The molecule has 0 spiro atoms. The SMILES string of the molecule is CCC(C)N(CCC(=O)c1ccc(Br)s1)C(C)CC. The molecule has 1 rings (SSSR count). The highest BCUT2D eigenvalue weighted by Crippen LogP contribution is 2.23. The van der Waals surface area contributed by atoms with Crippen LogP contribution in [-0.4, -0.2) is 29.3 Å². The minimum absolute atomic E-state index is 0.257. The van der Waals surface area contributed by atoms with E-state index in [9.17, 15) is 4.79 Å². The fourth-order valence-corrected chi connectivity index (χ4v) is 3.52. The monoisotopic (exact) mass is 345 g/mol. The topological polar surface area (TPSA) is 20.3 Å². The minimum atomic E-state index is 0.257. The Morgan fingerprint density at radius 2 is 1.84 bits per heavy atom. The lowest BCUT2D eigenvalue weighted by atomic mass is 10.1. The van der Waals surface area contributed by atoms with E-state index in [4.69, 9.17) is 0 Å². The summed E-state index contributed by atoms with van der Waals surface area (Å²) in [6.45, 7) is 9.77. The molecule has 108 valence electrons. The molecule has 0 aliphatic carbocycles. The highest BCUT2D eigenvalue weighted by molar-refractivity contribution is 9.11. The number of carbonyl (C=O) groups excluding carboxylic acids is 1. The van der Waals surface area contributed by atoms with Crippen LogP contribution in [0.3, 0.4) is 0 Å². The van der Waals surface area contributed by atoms with Crippen LogP contribution in [0.1, 0.15) is 56.6 Å². The van der Waals surface area contributed by atoms with Crippen molar-refractivity contribution in [1.29, 1.82) is 0 Å². The van der Waals surface area contributed by atoms with Gasteiger partial charge in [0.25, 0.3) is 0 Å². The summed E-state index contributed by atoms with van der Waals surface area (Å²) in [4.78, 5) is 15.5. The number of thiophene rings is 1. The molecule has 0 aliphatic rings. The van der Waals surface area contributed by atoms with E-state index in [-0.39, 0.29) is 5.78 Å². The summed E-state index contributed by atoms with van der Waals surface area (Å²) in [6, 6.07) is 4.93. The Hall–Kier alpha value is -0.190. The van der Waals surface area contributed by atoms with Crippen LogP contribution >= 0.6 is 27.3 Å². The molecule has 4 heteroatoms. The van der Waals surface area contributed by atoms with Crippen molar-refractivity contribution >= 4 is 33.0 Å². The molecule has 0 radical (unpaired) electrons. The molecule has 2 unspecified atom stereocenters. The summed E-state index contributed by atoms with van der Waals surface area (Å²) in [5.41, 5.74) is 0. The van der Waals surface area contributed by atoms with E-state index in [0.717, 1.165) is 28.0 Å². The van der Waals surface area contributed by atoms with Gasteiger partial charge in [-0.3, -0.25) is 9.69 Å². The maximum Gasteiger partial charge on any atom is 0.174 e. The number of Topliss-reactive ketones (excluding diaryl/α,β-unsaturated/α-hetero) is 1. The van der Waals surface area contributed by atoms with Gasteiger partial charge in [0.2, 0.25) is 0 Å². The fourth-order valence-electron chi connectivity index (χ4n) is 2.16. The lowest BCUT2D eigenvalue weighted by Crippen LogP contribution is -2.40. The minimum Gasteiger partial charge on any atom is -0.298 e. The van der Waals surface area contributed by atoms with E-state index >= 15 is 0 Å². The zero-order valence-corrected chi connectivity index (χ0v) is 14.7. The van der Waals surface area contributed by atoms with Gasteiger partial charge in [-0.15, -0.1) is 11.3 Å². The third-order valence-electron chi connectivity index (χ3n) is 3.76. The molecular formula is C15H24BrNOS. The lowest BCUT2D eigenvalue weighted by Gasteiger charge is -2.33. The van der Waals surface area contributed by atoms with Crippen molar-refractivity contribution in [3.05, 3.63) is 20.8 Å². The van der Waals surface area contributed by atoms with Crippen molar-refractivity contribution in [3.8, 4) is 0 Å². The van der Waals surface area contributed by atoms with Crippen LogP contribution in [-0.2, 0) is 0 Å². The molecule has 2 nitrogen and oxygen atoms in total. The van der Waals surface area contributed by atoms with Crippen LogP contribution in [0.5, 0.6) is 0 Å². The quantitative estimate of drug-likeness (QED) is 0.619. The van der Waals surface area contributed by atoms with Crippen molar-refractivity contribution in [2.45, 2.75) is 59.0 Å². The second-order valence-corrected chi connectivity index (χ2v) is 7.49. The Morgan fingerprint density at radius 1 is 1.26 bits per heavy atom. The number of nitrogens with zero attached hydrogens (tertiary/aromatic N) is 1. The molecule has 0 N–H and O–H groups in total. The maximum atomic E-state index is 12.1. The molecule has 0 aromatic carbocycles. The van der Waals surface area contributed by atoms with Gasteiger partial charge in [0.1, 0.15) is 0 Å². The van der Waals surface area contributed by atoms with Crippen LogP contribution in [0, 0.1) is 0 Å². The Bertz CT molecular complexity index is 395. The Morgan fingerprint density at radius 3 is 2.26 bits per heavy atom. The van der Waals surface area contributed by atoms with E-state index in [2.05, 4.69) is 48.5 Å². The maximum absolute atomic E-state index is 12.1. The zero-order valence-electron chi connectivity index (χ0n) is 12.3. The van der Waals surface area contributed by atoms with Gasteiger partial charge in [0.05, 0.1) is 8.66 Å². The van der Waals surface area contributed by atoms with Crippen molar-refractivity contribution in [2.24, 2.45) is 0 Å². The first-order valence-corrected chi connectivity index (χ1v) is 8.64. The third-order valence-corrected chi connectivity index (χ3v) is 5.42. The predicted octanol–water partition coefficient (Wildman–Crippen LogP) is 4.98. The van der Waals surface area contributed by atoms with Crippen LogP contribution in [0.4, 0.5) is 0 Å². The first-order chi connectivity index (χ1) is 8.99. The summed E-state index contributed by atoms with van der Waals surface area (Å²) >= 11 is 4.93. The molecular weight excluding hydrogens is 322 g/mol. The standard InChI is InChI=1S/C15H24BrNOS/c1-5-11(3)17(12(4)6-2)10-9-13(18)14-7-8-15(16)19-14/h7-8,11-12H,5-6,9-10H2,1-4H3. The Labute approximate surface area is 129 Å². The molecule has 1 heterocycles. The first kappa shape index (κ1) is 16.9. The van der Waals surface area contributed by atoms with Gasteiger partial charge in [0, 0.05) is 25.0 Å². The van der Waals surface area contributed by atoms with E-state index in [1.807, 2.05) is 12.1 Å². The number of rotatable bonds is 8. The summed E-state index contributed by atoms with van der Waals surface area (Å²) in [5.74, 6) is 0.257. The molecule has 0 bridgehead atoms. The molecule has 0 saturated heterocycles. The average Bonchev–Trinajstić information content (AvgIpc) is 2.84. The molecule has 1 aromatic rings. The largest absolute Gasteiger partial charge is 0.298 e. The Balaban J connectivity index is 2.58. The third kappa shape index (κ3) is 5.01. The molecule has 1 aromatic heterocycles. The number of hydrogen-bond acceptors (Lipinski definition) is 3. The smallest absolute Gasteiger partial charge is 0.174 e. The van der Waals surface area contributed by atoms with Gasteiger partial charge in [-0.05, 0) is 54.8 Å². The number of ketones is 1. The van der Waals surface area contributed by atoms with Gasteiger partial charge < -0.3 is 0 Å². The highest BCUT2D eigenvalue weighted by atomic mass is 79.9. The van der Waals surface area contributed by atoms with E-state index in [1.54, 1.807) is 0 Å². The number of hydrogen-bond donors (Lipinski definition) is 0. The second-order valence-electron chi connectivity index (χ2n) is 5.03. The van der Waals surface area contributed by atoms with Gasteiger partial charge >= 0.3 is 0 Å². The predicted molar refractivity (Wildman–Crippen MR) is 87.2 cm³/mol. The normalized spacial score (nSPS) is 14.6. The fraction of sp³-hybridized carbons (Fsp3) is 0.667. The summed E-state index contributed by atoms with van der Waals surface area (Å²) < 4.78 is 1.02. The van der Waals surface area contributed by atoms with Crippen LogP contribution < -0.4 is 0 Å². The summed E-state index contributed by atoms with van der Waals surface area (Å²) in [5, 5.41) is 0. The average molecular weight is 346 g/mol. The van der Waals surface area contributed by atoms with Gasteiger partial charge in [0.15, 0.2) is 5.78 Å². The summed E-state index contributed by atoms with van der Waals surface area (Å²) in [7, 11) is 0. The zero-order chi connectivity index (χ0) is 14.4. The highest BCUT2D eigenvalue weighted by Gasteiger charge is 2.19. The number of halogens is 1. The molecule has 0 amide bonds. The molecule has 2 atom stereocenters. The summed E-state index contributed by atoms with van der Waals surface area (Å²) in [6.07, 6.45) is 2.87. The second kappa shape index (κ2) is 8.18. The molecule has 0 saturated carbocycles.